The summed E-state index contributed by atoms with van der Waals surface area (Å²) in [5, 5.41) is 0. The monoisotopic (exact) mass is 246 g/mol. The molecule has 0 heterocycles. The van der Waals surface area contributed by atoms with Gasteiger partial charge >= 0.3 is 0 Å². The van der Waals surface area contributed by atoms with Crippen LogP contribution in [0.2, 0.25) is 0 Å². The minimum Gasteiger partial charge on any atom is -0.294 e. The fraction of sp³-hybridized carbons (Fsp3) is 0.824. The molecule has 1 heteroatoms. The van der Waals surface area contributed by atoms with Crippen molar-refractivity contribution in [2.45, 2.75) is 64.7 Å². The van der Waals surface area contributed by atoms with Crippen LogP contribution in [0, 0.1) is 23.2 Å². The number of ketones is 1. The van der Waals surface area contributed by atoms with Gasteiger partial charge in [-0.1, -0.05) is 25.8 Å². The summed E-state index contributed by atoms with van der Waals surface area (Å²) >= 11 is 0. The van der Waals surface area contributed by atoms with E-state index in [0.29, 0.717) is 5.78 Å². The summed E-state index contributed by atoms with van der Waals surface area (Å²) in [5.41, 5.74) is 0.0808. The number of carbonyl (C=O) groups is 1. The van der Waals surface area contributed by atoms with Crippen LogP contribution in [-0.4, -0.2) is 5.78 Å². The molecule has 18 heavy (non-hydrogen) atoms. The lowest BCUT2D eigenvalue weighted by atomic mass is 9.48. The molecule has 0 atom stereocenters. The third-order valence-electron chi connectivity index (χ3n) is 5.55. The van der Waals surface area contributed by atoms with Crippen molar-refractivity contribution in [3.63, 3.8) is 0 Å². The van der Waals surface area contributed by atoms with E-state index in [-0.39, 0.29) is 5.41 Å². The highest BCUT2D eigenvalue weighted by molar-refractivity contribution is 5.95. The van der Waals surface area contributed by atoms with Crippen LogP contribution in [0.15, 0.2) is 12.2 Å². The highest BCUT2D eigenvalue weighted by Gasteiger charge is 2.53. The van der Waals surface area contributed by atoms with Crippen LogP contribution in [-0.2, 0) is 4.79 Å². The summed E-state index contributed by atoms with van der Waals surface area (Å²) in [6.45, 7) is 2.20. The van der Waals surface area contributed by atoms with Gasteiger partial charge in [0.05, 0.1) is 0 Å². The van der Waals surface area contributed by atoms with E-state index in [1.54, 1.807) is 0 Å². The molecule has 0 aromatic carbocycles. The molecule has 0 aliphatic heterocycles. The summed E-state index contributed by atoms with van der Waals surface area (Å²) in [7, 11) is 0. The van der Waals surface area contributed by atoms with Gasteiger partial charge in [0.2, 0.25) is 0 Å². The van der Waals surface area contributed by atoms with Crippen molar-refractivity contribution in [3.8, 4) is 0 Å². The molecule has 4 bridgehead atoms. The SMILES string of the molecule is CCCC/C=C/C(=O)C12CC3CC(CC(C3)C1)C2. The third-order valence-corrected chi connectivity index (χ3v) is 5.55. The van der Waals surface area contributed by atoms with Crippen LogP contribution in [0.1, 0.15) is 64.7 Å². The van der Waals surface area contributed by atoms with E-state index >= 15 is 0 Å². The Morgan fingerprint density at radius 2 is 1.67 bits per heavy atom. The van der Waals surface area contributed by atoms with Gasteiger partial charge in [0.15, 0.2) is 5.78 Å². The maximum atomic E-state index is 12.6. The van der Waals surface area contributed by atoms with Gasteiger partial charge in [-0.05, 0) is 68.8 Å². The van der Waals surface area contributed by atoms with Gasteiger partial charge in [0, 0.05) is 5.41 Å². The highest BCUT2D eigenvalue weighted by atomic mass is 16.1. The molecule has 0 amide bonds. The number of hydrogen-bond acceptors (Lipinski definition) is 1. The first-order chi connectivity index (χ1) is 8.72. The number of rotatable bonds is 5. The fourth-order valence-corrected chi connectivity index (χ4v) is 5.10. The molecule has 0 N–H and O–H groups in total. The molecule has 1 nitrogen and oxygen atoms in total. The van der Waals surface area contributed by atoms with Crippen LogP contribution in [0.3, 0.4) is 0 Å². The normalized spacial score (nSPS) is 41.7. The van der Waals surface area contributed by atoms with Crippen molar-refractivity contribution in [1.29, 1.82) is 0 Å². The maximum absolute atomic E-state index is 12.6. The quantitative estimate of drug-likeness (QED) is 0.515. The lowest BCUT2D eigenvalue weighted by Crippen LogP contribution is -2.49. The third kappa shape index (κ3) is 2.17. The Labute approximate surface area is 111 Å². The van der Waals surface area contributed by atoms with Crippen molar-refractivity contribution in [2.24, 2.45) is 23.2 Å². The smallest absolute Gasteiger partial charge is 0.161 e. The zero-order valence-corrected chi connectivity index (χ0v) is 11.7. The largest absolute Gasteiger partial charge is 0.294 e. The van der Waals surface area contributed by atoms with Crippen molar-refractivity contribution >= 4 is 5.78 Å². The number of allylic oxidation sites excluding steroid dienone is 2. The maximum Gasteiger partial charge on any atom is 0.161 e. The van der Waals surface area contributed by atoms with E-state index in [2.05, 4.69) is 13.0 Å². The lowest BCUT2D eigenvalue weighted by Gasteiger charge is -2.55. The highest BCUT2D eigenvalue weighted by Crippen LogP contribution is 2.60. The van der Waals surface area contributed by atoms with Gasteiger partial charge < -0.3 is 0 Å². The first-order valence-electron chi connectivity index (χ1n) is 7.93. The summed E-state index contributed by atoms with van der Waals surface area (Å²) in [6, 6.07) is 0. The summed E-state index contributed by atoms with van der Waals surface area (Å²) < 4.78 is 0. The van der Waals surface area contributed by atoms with Crippen LogP contribution in [0.25, 0.3) is 0 Å². The second-order valence-corrected chi connectivity index (χ2v) is 7.11. The van der Waals surface area contributed by atoms with Crippen molar-refractivity contribution in [3.05, 3.63) is 12.2 Å². The van der Waals surface area contributed by atoms with E-state index in [1.165, 1.54) is 51.4 Å². The van der Waals surface area contributed by atoms with E-state index in [1.807, 2.05) is 6.08 Å². The predicted octanol–water partition coefficient (Wildman–Crippen LogP) is 4.52. The molecule has 100 valence electrons. The Morgan fingerprint density at radius 3 is 2.17 bits per heavy atom. The lowest BCUT2D eigenvalue weighted by molar-refractivity contribution is -0.138. The Hall–Kier alpha value is -0.590. The molecule has 0 radical (unpaired) electrons. The summed E-state index contributed by atoms with van der Waals surface area (Å²) in [5.74, 6) is 3.11. The molecule has 0 unspecified atom stereocenters. The summed E-state index contributed by atoms with van der Waals surface area (Å²) in [6.07, 6.45) is 15.5. The van der Waals surface area contributed by atoms with Crippen molar-refractivity contribution < 1.29 is 4.79 Å². The second-order valence-electron chi connectivity index (χ2n) is 7.11. The predicted molar refractivity (Wildman–Crippen MR) is 74.3 cm³/mol. The minimum absolute atomic E-state index is 0.0808. The second kappa shape index (κ2) is 4.83. The van der Waals surface area contributed by atoms with Gasteiger partial charge in [-0.2, -0.15) is 0 Å². The van der Waals surface area contributed by atoms with E-state index in [0.717, 1.165) is 24.2 Å². The topological polar surface area (TPSA) is 17.1 Å². The van der Waals surface area contributed by atoms with Crippen LogP contribution in [0.5, 0.6) is 0 Å². The average Bonchev–Trinajstić information content (AvgIpc) is 2.32. The molecule has 4 fully saturated rings. The molecule has 0 aromatic rings. The molecule has 0 spiro atoms. The van der Waals surface area contributed by atoms with Gasteiger partial charge in [-0.25, -0.2) is 0 Å². The Bertz CT molecular complexity index is 317. The van der Waals surface area contributed by atoms with Gasteiger partial charge in [-0.3, -0.25) is 4.79 Å². The van der Waals surface area contributed by atoms with E-state index in [4.69, 9.17) is 0 Å². The van der Waals surface area contributed by atoms with Crippen LogP contribution >= 0.6 is 0 Å². The molecule has 4 rings (SSSR count). The molecule has 4 saturated carbocycles. The van der Waals surface area contributed by atoms with Crippen molar-refractivity contribution in [1.82, 2.24) is 0 Å². The minimum atomic E-state index is 0.0808. The van der Waals surface area contributed by atoms with Gasteiger partial charge in [0.1, 0.15) is 0 Å². The molecule has 0 saturated heterocycles. The Morgan fingerprint density at radius 1 is 1.11 bits per heavy atom. The van der Waals surface area contributed by atoms with Crippen LogP contribution in [0.4, 0.5) is 0 Å². The molecular weight excluding hydrogens is 220 g/mol. The zero-order valence-electron chi connectivity index (χ0n) is 11.7. The zero-order chi connectivity index (χ0) is 12.6. The van der Waals surface area contributed by atoms with Gasteiger partial charge in [-0.15, -0.1) is 0 Å². The Balaban J connectivity index is 1.67. The van der Waals surface area contributed by atoms with Crippen LogP contribution < -0.4 is 0 Å². The van der Waals surface area contributed by atoms with E-state index in [9.17, 15) is 4.79 Å². The standard InChI is InChI=1S/C17H26O/c1-2-3-4-5-6-16(18)17-10-13-7-14(11-17)9-15(8-13)12-17/h5-6,13-15H,2-4,7-12H2,1H3/b6-5+. The fourth-order valence-electron chi connectivity index (χ4n) is 5.10. The molecule has 4 aliphatic carbocycles. The number of carbonyl (C=O) groups excluding carboxylic acids is 1. The average molecular weight is 246 g/mol. The number of unbranched alkanes of at least 4 members (excludes halogenated alkanes) is 2. The molecule has 0 aromatic heterocycles. The first-order valence-corrected chi connectivity index (χ1v) is 7.93. The molecular formula is C17H26O. The van der Waals surface area contributed by atoms with Gasteiger partial charge in [0.25, 0.3) is 0 Å². The van der Waals surface area contributed by atoms with E-state index < -0.39 is 0 Å². The first kappa shape index (κ1) is 12.4. The number of hydrogen-bond donors (Lipinski definition) is 0. The van der Waals surface area contributed by atoms with Crippen molar-refractivity contribution in [2.75, 3.05) is 0 Å². The molecule has 4 aliphatic rings. The summed E-state index contributed by atoms with van der Waals surface area (Å²) in [4.78, 5) is 12.6. The Kier molecular flexibility index (Phi) is 3.34.